The monoisotopic (exact) mass is 365 g/mol. The van der Waals surface area contributed by atoms with Gasteiger partial charge in [0, 0.05) is 30.7 Å². The number of hydrogen-bond donors (Lipinski definition) is 1. The van der Waals surface area contributed by atoms with Crippen LogP contribution in [0.4, 0.5) is 20.2 Å². The number of benzene rings is 1. The fourth-order valence-electron chi connectivity index (χ4n) is 2.54. The topological polar surface area (TPSA) is 54.5 Å². The van der Waals surface area contributed by atoms with Crippen molar-refractivity contribution < 1.29 is 18.3 Å². The van der Waals surface area contributed by atoms with Gasteiger partial charge in [0.25, 0.3) is 11.7 Å². The van der Waals surface area contributed by atoms with Gasteiger partial charge in [-0.1, -0.05) is 6.07 Å². The summed E-state index contributed by atoms with van der Waals surface area (Å²) in [5.41, 5.74) is 1.71. The number of nitrogens with one attached hydrogen (secondary N) is 1. The summed E-state index contributed by atoms with van der Waals surface area (Å²) in [7, 11) is 0. The Morgan fingerprint density at radius 3 is 2.80 bits per heavy atom. The van der Waals surface area contributed by atoms with Gasteiger partial charge in [0.15, 0.2) is 0 Å². The van der Waals surface area contributed by atoms with E-state index in [1.165, 1.54) is 12.3 Å². The van der Waals surface area contributed by atoms with Crippen LogP contribution >= 0.6 is 11.8 Å². The lowest BCUT2D eigenvalue weighted by Crippen LogP contribution is -2.36. The van der Waals surface area contributed by atoms with Crippen LogP contribution in [0.15, 0.2) is 47.6 Å². The number of thioether (sulfide) groups is 1. The predicted octanol–water partition coefficient (Wildman–Crippen LogP) is 3.49. The number of anilines is 2. The second kappa shape index (κ2) is 8.26. The Bertz CT molecular complexity index is 739. The molecule has 1 amide bonds. The number of carbonyl (C=O) groups is 1. The number of morpholine rings is 1. The minimum absolute atomic E-state index is 0.0133. The molecular formula is C17H17F2N3O2S. The zero-order valence-electron chi connectivity index (χ0n) is 13.3. The van der Waals surface area contributed by atoms with E-state index in [2.05, 4.69) is 15.2 Å². The van der Waals surface area contributed by atoms with E-state index in [0.29, 0.717) is 18.9 Å². The molecule has 1 aromatic heterocycles. The third-order valence-corrected chi connectivity index (χ3v) is 4.42. The van der Waals surface area contributed by atoms with Crippen molar-refractivity contribution in [2.75, 3.05) is 36.5 Å². The Labute approximate surface area is 148 Å². The summed E-state index contributed by atoms with van der Waals surface area (Å²) in [5, 5.41) is 2.77. The molecule has 1 N–H and O–H groups in total. The maximum absolute atomic E-state index is 12.6. The molecule has 132 valence electrons. The van der Waals surface area contributed by atoms with Gasteiger partial charge in [-0.25, -0.2) is 4.98 Å². The Morgan fingerprint density at radius 1 is 1.24 bits per heavy atom. The lowest BCUT2D eigenvalue weighted by molar-refractivity contribution is 0.102. The van der Waals surface area contributed by atoms with Crippen LogP contribution in [0.1, 0.15) is 10.4 Å². The molecule has 0 spiro atoms. The minimum atomic E-state index is -2.63. The van der Waals surface area contributed by atoms with E-state index in [4.69, 9.17) is 4.74 Å². The maximum Gasteiger partial charge on any atom is 0.290 e. The third kappa shape index (κ3) is 4.67. The predicted molar refractivity (Wildman–Crippen MR) is 93.5 cm³/mol. The van der Waals surface area contributed by atoms with Crippen molar-refractivity contribution in [3.8, 4) is 0 Å². The lowest BCUT2D eigenvalue weighted by Gasteiger charge is -2.29. The van der Waals surface area contributed by atoms with E-state index in [0.717, 1.165) is 18.8 Å². The molecule has 1 fully saturated rings. The summed E-state index contributed by atoms with van der Waals surface area (Å²) in [6.07, 6.45) is 1.39. The Morgan fingerprint density at radius 2 is 2.04 bits per heavy atom. The van der Waals surface area contributed by atoms with Gasteiger partial charge in [0.05, 0.1) is 18.8 Å². The van der Waals surface area contributed by atoms with Crippen LogP contribution in [0.3, 0.4) is 0 Å². The number of hydrogen-bond acceptors (Lipinski definition) is 5. The van der Waals surface area contributed by atoms with Gasteiger partial charge in [-0.05, 0) is 42.1 Å². The van der Waals surface area contributed by atoms with Crippen LogP contribution in [-0.2, 0) is 4.74 Å². The van der Waals surface area contributed by atoms with Gasteiger partial charge >= 0.3 is 0 Å². The van der Waals surface area contributed by atoms with E-state index in [1.54, 1.807) is 12.1 Å². The molecule has 1 saturated heterocycles. The first kappa shape index (κ1) is 17.6. The second-order valence-corrected chi connectivity index (χ2v) is 6.32. The van der Waals surface area contributed by atoms with Crippen LogP contribution in [0.5, 0.6) is 0 Å². The van der Waals surface area contributed by atoms with E-state index >= 15 is 0 Å². The maximum atomic E-state index is 12.6. The van der Waals surface area contributed by atoms with Crippen LogP contribution in [0, 0.1) is 0 Å². The van der Waals surface area contributed by atoms with Gasteiger partial charge in [-0.15, -0.1) is 0 Å². The standard InChI is InChI=1S/C17H17F2N3O2S/c18-17(19)25-16-14(5-2-6-20-16)15(23)21-12-3-1-4-13(11-12)22-7-9-24-10-8-22/h1-6,11,17H,7-10H2,(H,21,23). The molecule has 0 saturated carbocycles. The molecule has 3 rings (SSSR count). The summed E-state index contributed by atoms with van der Waals surface area (Å²) in [5.74, 6) is -3.10. The third-order valence-electron chi connectivity index (χ3n) is 3.70. The van der Waals surface area contributed by atoms with E-state index in [9.17, 15) is 13.6 Å². The number of pyridine rings is 1. The highest BCUT2D eigenvalue weighted by Gasteiger charge is 2.17. The first-order valence-corrected chi connectivity index (χ1v) is 8.65. The first-order chi connectivity index (χ1) is 12.1. The average Bonchev–Trinajstić information content (AvgIpc) is 2.62. The van der Waals surface area contributed by atoms with Gasteiger partial charge in [-0.2, -0.15) is 8.78 Å². The molecule has 0 bridgehead atoms. The van der Waals surface area contributed by atoms with E-state index in [-0.39, 0.29) is 22.4 Å². The van der Waals surface area contributed by atoms with Crippen LogP contribution in [-0.4, -0.2) is 43.0 Å². The van der Waals surface area contributed by atoms with Crippen molar-refractivity contribution in [3.63, 3.8) is 0 Å². The largest absolute Gasteiger partial charge is 0.378 e. The molecule has 1 aromatic carbocycles. The number of halogens is 2. The van der Waals surface area contributed by atoms with Gasteiger partial charge in [0.1, 0.15) is 5.03 Å². The first-order valence-electron chi connectivity index (χ1n) is 7.77. The van der Waals surface area contributed by atoms with Crippen LogP contribution < -0.4 is 10.2 Å². The quantitative estimate of drug-likeness (QED) is 0.822. The number of alkyl halides is 2. The minimum Gasteiger partial charge on any atom is -0.378 e. The van der Waals surface area contributed by atoms with E-state index in [1.807, 2.05) is 18.2 Å². The molecule has 1 aliphatic rings. The van der Waals surface area contributed by atoms with Crippen molar-refractivity contribution in [1.82, 2.24) is 4.98 Å². The molecule has 0 unspecified atom stereocenters. The summed E-state index contributed by atoms with van der Waals surface area (Å²) in [6, 6.07) is 10.5. The summed E-state index contributed by atoms with van der Waals surface area (Å²) in [4.78, 5) is 18.5. The Balaban J connectivity index is 1.75. The van der Waals surface area contributed by atoms with Crippen LogP contribution in [0.25, 0.3) is 0 Å². The molecule has 0 aliphatic carbocycles. The Kier molecular flexibility index (Phi) is 5.83. The highest BCUT2D eigenvalue weighted by Crippen LogP contribution is 2.27. The normalized spacial score (nSPS) is 14.6. The molecule has 5 nitrogen and oxygen atoms in total. The molecule has 25 heavy (non-hydrogen) atoms. The molecule has 0 atom stereocenters. The van der Waals surface area contributed by atoms with Crippen LogP contribution in [0.2, 0.25) is 0 Å². The molecule has 2 aromatic rings. The zero-order chi connectivity index (χ0) is 17.6. The van der Waals surface area contributed by atoms with Gasteiger partial charge in [0.2, 0.25) is 0 Å². The second-order valence-electron chi connectivity index (χ2n) is 5.34. The number of aromatic nitrogens is 1. The zero-order valence-corrected chi connectivity index (χ0v) is 14.1. The summed E-state index contributed by atoms with van der Waals surface area (Å²) in [6.45, 7) is 2.91. The number of nitrogens with zero attached hydrogens (tertiary/aromatic N) is 2. The highest BCUT2D eigenvalue weighted by atomic mass is 32.2. The fraction of sp³-hybridized carbons (Fsp3) is 0.294. The SMILES string of the molecule is O=C(Nc1cccc(N2CCOCC2)c1)c1cccnc1SC(F)F. The molecular weight excluding hydrogens is 348 g/mol. The van der Waals surface area contributed by atoms with Gasteiger partial charge < -0.3 is 15.0 Å². The van der Waals surface area contributed by atoms with Crippen molar-refractivity contribution in [2.45, 2.75) is 10.8 Å². The molecule has 0 radical (unpaired) electrons. The average molecular weight is 365 g/mol. The van der Waals surface area contributed by atoms with Crippen molar-refractivity contribution in [3.05, 3.63) is 48.2 Å². The highest BCUT2D eigenvalue weighted by molar-refractivity contribution is 7.99. The number of carbonyl (C=O) groups excluding carboxylic acids is 1. The number of rotatable bonds is 5. The lowest BCUT2D eigenvalue weighted by atomic mass is 10.2. The number of amides is 1. The summed E-state index contributed by atoms with van der Waals surface area (Å²) < 4.78 is 30.6. The Hall–Kier alpha value is -2.19. The van der Waals surface area contributed by atoms with Gasteiger partial charge in [-0.3, -0.25) is 4.79 Å². The molecule has 1 aliphatic heterocycles. The van der Waals surface area contributed by atoms with E-state index < -0.39 is 11.7 Å². The van der Waals surface area contributed by atoms with Crippen molar-refractivity contribution in [1.29, 1.82) is 0 Å². The fourth-order valence-corrected chi connectivity index (χ4v) is 3.12. The van der Waals surface area contributed by atoms with Crippen molar-refractivity contribution >= 4 is 29.0 Å². The molecule has 2 heterocycles. The summed E-state index contributed by atoms with van der Waals surface area (Å²) >= 11 is 0.262. The smallest absolute Gasteiger partial charge is 0.290 e. The number of ether oxygens (including phenoxy) is 1. The van der Waals surface area contributed by atoms with Crippen molar-refractivity contribution in [2.24, 2.45) is 0 Å². The molecule has 8 heteroatoms.